The molecule has 7 nitrogen and oxygen atoms in total. The fraction of sp³-hybridized carbons (Fsp3) is 0.292. The molecule has 0 aliphatic heterocycles. The molecule has 4 rings (SSSR count). The van der Waals surface area contributed by atoms with Gasteiger partial charge in [0.1, 0.15) is 5.69 Å². The van der Waals surface area contributed by atoms with Crippen molar-refractivity contribution in [3.05, 3.63) is 71.0 Å². The predicted octanol–water partition coefficient (Wildman–Crippen LogP) is 4.50. The largest absolute Gasteiger partial charge is 0.296 e. The van der Waals surface area contributed by atoms with Gasteiger partial charge in [-0.15, -0.1) is 10.2 Å². The molecule has 0 aliphatic carbocycles. The van der Waals surface area contributed by atoms with E-state index in [0.29, 0.717) is 24.5 Å². The smallest absolute Gasteiger partial charge is 0.205 e. The topological polar surface area (TPSA) is 89.4 Å². The average Bonchev–Trinajstić information content (AvgIpc) is 3.46. The zero-order chi connectivity index (χ0) is 21.6. The first-order valence-corrected chi connectivity index (χ1v) is 10.7. The van der Waals surface area contributed by atoms with Gasteiger partial charge in [-0.1, -0.05) is 61.9 Å². The lowest BCUT2D eigenvalue weighted by molar-refractivity contribution is 0.111. The number of aldehydes is 1. The number of unbranched alkanes of at least 4 members (excludes halogenated alkanes) is 1. The number of nitrogens with one attached hydrogen (secondary N) is 1. The molecule has 2 aromatic heterocycles. The van der Waals surface area contributed by atoms with Crippen molar-refractivity contribution in [3.63, 3.8) is 0 Å². The van der Waals surface area contributed by atoms with Crippen LogP contribution >= 0.6 is 0 Å². The van der Waals surface area contributed by atoms with E-state index in [1.807, 2.05) is 41.9 Å². The molecule has 2 heterocycles. The number of nitrogens with zero attached hydrogens (tertiary/aromatic N) is 5. The van der Waals surface area contributed by atoms with E-state index in [2.05, 4.69) is 45.7 Å². The summed E-state index contributed by atoms with van der Waals surface area (Å²) in [4.78, 5) is 12.0. The lowest BCUT2D eigenvalue weighted by Gasteiger charge is -2.13. The second-order valence-electron chi connectivity index (χ2n) is 7.46. The van der Waals surface area contributed by atoms with Crippen LogP contribution in [0.1, 0.15) is 54.0 Å². The van der Waals surface area contributed by atoms with Gasteiger partial charge in [0.2, 0.25) is 5.82 Å². The first kappa shape index (κ1) is 20.7. The molecule has 0 saturated heterocycles. The third kappa shape index (κ3) is 4.17. The van der Waals surface area contributed by atoms with Crippen LogP contribution in [0.25, 0.3) is 22.5 Å². The van der Waals surface area contributed by atoms with Crippen LogP contribution in [0.5, 0.6) is 0 Å². The Morgan fingerprint density at radius 2 is 1.74 bits per heavy atom. The van der Waals surface area contributed by atoms with E-state index in [9.17, 15) is 4.79 Å². The Morgan fingerprint density at radius 3 is 2.42 bits per heavy atom. The maximum Gasteiger partial charge on any atom is 0.205 e. The van der Waals surface area contributed by atoms with Gasteiger partial charge in [-0.3, -0.25) is 9.48 Å². The highest BCUT2D eigenvalue weighted by Gasteiger charge is 2.19. The number of carbonyl (C=O) groups is 1. The summed E-state index contributed by atoms with van der Waals surface area (Å²) in [5, 5.41) is 19.3. The molecule has 31 heavy (non-hydrogen) atoms. The van der Waals surface area contributed by atoms with E-state index >= 15 is 0 Å². The minimum absolute atomic E-state index is 0.557. The van der Waals surface area contributed by atoms with Crippen LogP contribution in [0, 0.1) is 0 Å². The number of hydrogen-bond acceptors (Lipinski definition) is 5. The Morgan fingerprint density at radius 1 is 1.00 bits per heavy atom. The molecule has 0 unspecified atom stereocenters. The SMILES string of the molecule is CCCCc1nn(CC)c(C=O)c1Cc1ccccc1-c1ccccc1-c1nn[nH]n1. The quantitative estimate of drug-likeness (QED) is 0.408. The molecule has 0 spiro atoms. The Labute approximate surface area is 181 Å². The fourth-order valence-electron chi connectivity index (χ4n) is 3.99. The van der Waals surface area contributed by atoms with Crippen LogP contribution < -0.4 is 0 Å². The summed E-state index contributed by atoms with van der Waals surface area (Å²) in [6, 6.07) is 16.3. The summed E-state index contributed by atoms with van der Waals surface area (Å²) < 4.78 is 1.82. The first-order chi connectivity index (χ1) is 15.3. The molecule has 0 fully saturated rings. The summed E-state index contributed by atoms with van der Waals surface area (Å²) >= 11 is 0. The van der Waals surface area contributed by atoms with Gasteiger partial charge in [-0.25, -0.2) is 0 Å². The first-order valence-electron chi connectivity index (χ1n) is 10.7. The summed E-state index contributed by atoms with van der Waals surface area (Å²) in [7, 11) is 0. The highest BCUT2D eigenvalue weighted by atomic mass is 16.1. The van der Waals surface area contributed by atoms with Gasteiger partial charge in [-0.05, 0) is 41.7 Å². The van der Waals surface area contributed by atoms with Crippen molar-refractivity contribution >= 4 is 6.29 Å². The molecule has 0 aliphatic rings. The van der Waals surface area contributed by atoms with E-state index in [0.717, 1.165) is 59.1 Å². The van der Waals surface area contributed by atoms with E-state index in [4.69, 9.17) is 5.10 Å². The lowest BCUT2D eigenvalue weighted by Crippen LogP contribution is -2.03. The number of aryl methyl sites for hydroxylation is 2. The number of H-pyrrole nitrogens is 1. The highest BCUT2D eigenvalue weighted by Crippen LogP contribution is 2.33. The minimum atomic E-state index is 0.557. The highest BCUT2D eigenvalue weighted by molar-refractivity contribution is 5.83. The molecule has 0 bridgehead atoms. The third-order valence-electron chi connectivity index (χ3n) is 5.54. The van der Waals surface area contributed by atoms with Gasteiger partial charge in [0.05, 0.1) is 5.69 Å². The molecule has 4 aromatic rings. The van der Waals surface area contributed by atoms with Crippen LogP contribution in [0.2, 0.25) is 0 Å². The van der Waals surface area contributed by atoms with Gasteiger partial charge < -0.3 is 0 Å². The van der Waals surface area contributed by atoms with E-state index in [1.54, 1.807) is 0 Å². The van der Waals surface area contributed by atoms with E-state index in [1.165, 1.54) is 0 Å². The van der Waals surface area contributed by atoms with Crippen molar-refractivity contribution in [1.82, 2.24) is 30.4 Å². The maximum atomic E-state index is 12.0. The Bertz CT molecular complexity index is 1160. The Hall–Kier alpha value is -3.61. The lowest BCUT2D eigenvalue weighted by atomic mass is 9.91. The van der Waals surface area contributed by atoms with Gasteiger partial charge in [-0.2, -0.15) is 10.3 Å². The van der Waals surface area contributed by atoms with Crippen LogP contribution in [0.3, 0.4) is 0 Å². The Balaban J connectivity index is 1.81. The molecule has 0 radical (unpaired) electrons. The molecular formula is C24H26N6O. The zero-order valence-corrected chi connectivity index (χ0v) is 17.9. The normalized spacial score (nSPS) is 11.0. The minimum Gasteiger partial charge on any atom is -0.296 e. The molecular weight excluding hydrogens is 388 g/mol. The number of carbonyl (C=O) groups excluding carboxylic acids is 1. The molecule has 1 N–H and O–H groups in total. The van der Waals surface area contributed by atoms with Crippen molar-refractivity contribution in [3.8, 4) is 22.5 Å². The van der Waals surface area contributed by atoms with Crippen molar-refractivity contribution in [2.45, 2.75) is 46.1 Å². The number of aromatic amines is 1. The summed E-state index contributed by atoms with van der Waals surface area (Å²) in [6.07, 6.45) is 4.60. The molecule has 7 heteroatoms. The van der Waals surface area contributed by atoms with Crippen LogP contribution in [-0.2, 0) is 19.4 Å². The number of benzene rings is 2. The Kier molecular flexibility index (Phi) is 6.31. The van der Waals surface area contributed by atoms with Crippen molar-refractivity contribution in [2.75, 3.05) is 0 Å². The predicted molar refractivity (Wildman–Crippen MR) is 120 cm³/mol. The number of rotatable bonds is 9. The second-order valence-corrected chi connectivity index (χ2v) is 7.46. The molecule has 0 atom stereocenters. The average molecular weight is 415 g/mol. The molecule has 0 amide bonds. The fourth-order valence-corrected chi connectivity index (χ4v) is 3.99. The van der Waals surface area contributed by atoms with E-state index in [-0.39, 0.29) is 0 Å². The summed E-state index contributed by atoms with van der Waals surface area (Å²) in [5.41, 5.74) is 6.89. The van der Waals surface area contributed by atoms with Crippen molar-refractivity contribution in [1.29, 1.82) is 0 Å². The molecule has 0 saturated carbocycles. The van der Waals surface area contributed by atoms with Gasteiger partial charge in [0, 0.05) is 24.1 Å². The van der Waals surface area contributed by atoms with Crippen LogP contribution in [0.15, 0.2) is 48.5 Å². The standard InChI is InChI=1S/C24H26N6O/c1-3-5-14-22-21(23(16-31)30(4-2)27-22)15-17-10-6-7-11-18(17)19-12-8-9-13-20(19)24-25-28-29-26-24/h6-13,16H,3-5,14-15H2,1-2H3,(H,25,26,28,29). The van der Waals surface area contributed by atoms with Gasteiger partial charge in [0.15, 0.2) is 6.29 Å². The second kappa shape index (κ2) is 9.47. The number of aromatic nitrogens is 6. The van der Waals surface area contributed by atoms with Crippen molar-refractivity contribution in [2.24, 2.45) is 0 Å². The molecule has 2 aromatic carbocycles. The van der Waals surface area contributed by atoms with Crippen molar-refractivity contribution < 1.29 is 4.79 Å². The van der Waals surface area contributed by atoms with Gasteiger partial charge in [0.25, 0.3) is 0 Å². The maximum absolute atomic E-state index is 12.0. The zero-order valence-electron chi connectivity index (χ0n) is 17.9. The monoisotopic (exact) mass is 414 g/mol. The summed E-state index contributed by atoms with van der Waals surface area (Å²) in [5.74, 6) is 0.557. The van der Waals surface area contributed by atoms with Gasteiger partial charge >= 0.3 is 0 Å². The van der Waals surface area contributed by atoms with Crippen LogP contribution in [-0.4, -0.2) is 36.7 Å². The third-order valence-corrected chi connectivity index (χ3v) is 5.54. The van der Waals surface area contributed by atoms with E-state index < -0.39 is 0 Å². The number of tetrazole rings is 1. The summed E-state index contributed by atoms with van der Waals surface area (Å²) in [6.45, 7) is 4.86. The van der Waals surface area contributed by atoms with Crippen LogP contribution in [0.4, 0.5) is 0 Å². The number of hydrogen-bond donors (Lipinski definition) is 1. The molecule has 158 valence electrons.